The van der Waals surface area contributed by atoms with Crippen molar-refractivity contribution in [3.05, 3.63) is 10.6 Å². The van der Waals surface area contributed by atoms with Gasteiger partial charge in [0.15, 0.2) is 10.6 Å². The molecule has 1 aromatic heterocycles. The van der Waals surface area contributed by atoms with Crippen molar-refractivity contribution >= 4 is 18.2 Å². The highest BCUT2D eigenvalue weighted by Gasteiger charge is 2.20. The number of carbonyl (C=O) groups excluding carboxylic acids is 1. The summed E-state index contributed by atoms with van der Waals surface area (Å²) in [4.78, 5) is 11.4. The number of aliphatic hydroxyl groups excluding tert-OH is 1. The van der Waals surface area contributed by atoms with Crippen molar-refractivity contribution in [3.8, 4) is 0 Å². The Hall–Kier alpha value is -1.21. The van der Waals surface area contributed by atoms with E-state index >= 15 is 0 Å². The number of nitrogens with one attached hydrogen (secondary N) is 1. The van der Waals surface area contributed by atoms with Crippen LogP contribution < -0.4 is 0 Å². The lowest BCUT2D eigenvalue weighted by Gasteiger charge is -2.12. The number of esters is 1. The molecule has 0 bridgehead atoms. The molecule has 0 aliphatic rings. The van der Waals surface area contributed by atoms with Gasteiger partial charge in [0.25, 0.3) is 0 Å². The fourth-order valence-electron chi connectivity index (χ4n) is 1.22. The van der Waals surface area contributed by atoms with E-state index in [4.69, 9.17) is 22.1 Å². The first-order valence-electron chi connectivity index (χ1n) is 4.55. The third-order valence-electron chi connectivity index (χ3n) is 1.93. The second-order valence-corrected chi connectivity index (χ2v) is 3.29. The lowest BCUT2D eigenvalue weighted by molar-refractivity contribution is -0.146. The number of aliphatic hydroxyl groups is 1. The highest BCUT2D eigenvalue weighted by molar-refractivity contribution is 7.71. The van der Waals surface area contributed by atoms with Crippen LogP contribution in [0.5, 0.6) is 0 Å². The first kappa shape index (κ1) is 11.9. The number of H-pyrrole nitrogens is 1. The molecule has 6 nitrogen and oxygen atoms in total. The number of ether oxygens (including phenoxy) is 1. The molecule has 0 radical (unpaired) electrons. The lowest BCUT2D eigenvalue weighted by atomic mass is 10.3. The lowest BCUT2D eigenvalue weighted by Crippen LogP contribution is -2.21. The maximum Gasteiger partial charge on any atom is 0.328 e. The molecule has 0 aliphatic heterocycles. The summed E-state index contributed by atoms with van der Waals surface area (Å²) >= 11 is 4.94. The fourth-order valence-corrected chi connectivity index (χ4v) is 1.53. The van der Waals surface area contributed by atoms with Crippen molar-refractivity contribution in [3.63, 3.8) is 0 Å². The first-order chi connectivity index (χ1) is 7.11. The summed E-state index contributed by atoms with van der Waals surface area (Å²) in [5, 5.41) is 15.3. The molecular weight excluding hydrogens is 218 g/mol. The van der Waals surface area contributed by atoms with Crippen molar-refractivity contribution in [2.45, 2.75) is 26.5 Å². The molecule has 0 fully saturated rings. The maximum absolute atomic E-state index is 11.4. The van der Waals surface area contributed by atoms with Crippen LogP contribution in [0.4, 0.5) is 0 Å². The first-order valence-corrected chi connectivity index (χ1v) is 4.95. The van der Waals surface area contributed by atoms with Gasteiger partial charge in [-0.2, -0.15) is 5.10 Å². The molecule has 1 rings (SSSR count). The number of hydrogen-bond acceptors (Lipinski definition) is 5. The summed E-state index contributed by atoms with van der Waals surface area (Å²) in [6.07, 6.45) is 0. The third-order valence-corrected chi connectivity index (χ3v) is 2.22. The summed E-state index contributed by atoms with van der Waals surface area (Å²) in [6, 6.07) is -0.585. The molecule has 0 amide bonds. The van der Waals surface area contributed by atoms with Gasteiger partial charge in [0.2, 0.25) is 0 Å². The predicted octanol–water partition coefficient (Wildman–Crippen LogP) is 0.557. The highest BCUT2D eigenvalue weighted by atomic mass is 32.1. The smallest absolute Gasteiger partial charge is 0.328 e. The molecule has 1 heterocycles. The van der Waals surface area contributed by atoms with Crippen molar-refractivity contribution in [2.24, 2.45) is 0 Å². The minimum Gasteiger partial charge on any atom is -0.464 e. The molecule has 1 unspecified atom stereocenters. The fraction of sp³-hybridized carbons (Fsp3) is 0.625. The number of hydrogen-bond donors (Lipinski definition) is 2. The van der Waals surface area contributed by atoms with E-state index in [-0.39, 0.29) is 6.61 Å². The Bertz CT molecular complexity index is 398. The van der Waals surface area contributed by atoms with Crippen LogP contribution in [0, 0.1) is 4.77 Å². The van der Waals surface area contributed by atoms with Gasteiger partial charge in [0, 0.05) is 0 Å². The van der Waals surface area contributed by atoms with E-state index in [2.05, 4.69) is 10.2 Å². The van der Waals surface area contributed by atoms with Gasteiger partial charge in [-0.05, 0) is 26.1 Å². The summed E-state index contributed by atoms with van der Waals surface area (Å²) in [6.45, 7) is 3.40. The number of aromatic nitrogens is 3. The molecule has 2 N–H and O–H groups in total. The average molecular weight is 231 g/mol. The van der Waals surface area contributed by atoms with Crippen LogP contribution in [-0.2, 0) is 16.1 Å². The SMILES string of the molecule is CCOC(=O)C(C)n1c(CO)n[nH]c1=S. The van der Waals surface area contributed by atoms with E-state index in [1.807, 2.05) is 0 Å². The van der Waals surface area contributed by atoms with Gasteiger partial charge in [-0.3, -0.25) is 9.67 Å². The Labute approximate surface area is 91.9 Å². The summed E-state index contributed by atoms with van der Waals surface area (Å²) in [5.74, 6) is -0.0785. The molecule has 0 spiro atoms. The normalized spacial score (nSPS) is 12.5. The number of aromatic amines is 1. The molecule has 1 aromatic rings. The molecule has 1 atom stereocenters. The topological polar surface area (TPSA) is 80.1 Å². The molecule has 0 aliphatic carbocycles. The Kier molecular flexibility index (Phi) is 3.98. The zero-order valence-electron chi connectivity index (χ0n) is 8.56. The third kappa shape index (κ3) is 2.42. The number of rotatable bonds is 4. The van der Waals surface area contributed by atoms with Crippen LogP contribution >= 0.6 is 12.2 Å². The number of carbonyl (C=O) groups is 1. The Morgan fingerprint density at radius 1 is 1.80 bits per heavy atom. The van der Waals surface area contributed by atoms with Crippen molar-refractivity contribution in [2.75, 3.05) is 6.61 Å². The molecule has 7 heteroatoms. The second-order valence-electron chi connectivity index (χ2n) is 2.90. The van der Waals surface area contributed by atoms with E-state index in [1.54, 1.807) is 13.8 Å². The second kappa shape index (κ2) is 5.04. The molecule has 0 saturated heterocycles. The monoisotopic (exact) mass is 231 g/mol. The Balaban J connectivity index is 2.99. The predicted molar refractivity (Wildman–Crippen MR) is 54.7 cm³/mol. The van der Waals surface area contributed by atoms with Gasteiger partial charge in [-0.25, -0.2) is 4.79 Å². The summed E-state index contributed by atoms with van der Waals surface area (Å²) in [7, 11) is 0. The van der Waals surface area contributed by atoms with Crippen LogP contribution in [0.1, 0.15) is 25.7 Å². The minimum atomic E-state index is -0.585. The highest BCUT2D eigenvalue weighted by Crippen LogP contribution is 2.11. The van der Waals surface area contributed by atoms with Gasteiger partial charge in [0.1, 0.15) is 12.6 Å². The van der Waals surface area contributed by atoms with Crippen molar-refractivity contribution < 1.29 is 14.6 Å². The maximum atomic E-state index is 11.4. The summed E-state index contributed by atoms with van der Waals surface area (Å²) < 4.78 is 6.58. The quantitative estimate of drug-likeness (QED) is 0.584. The van der Waals surface area contributed by atoms with E-state index in [1.165, 1.54) is 4.57 Å². The van der Waals surface area contributed by atoms with Crippen LogP contribution in [0.15, 0.2) is 0 Å². The molecular formula is C8H13N3O3S. The van der Waals surface area contributed by atoms with Gasteiger partial charge >= 0.3 is 5.97 Å². The van der Waals surface area contributed by atoms with Gasteiger partial charge in [0.05, 0.1) is 6.61 Å². The van der Waals surface area contributed by atoms with Crippen LogP contribution in [0.2, 0.25) is 0 Å². The van der Waals surface area contributed by atoms with E-state index in [0.29, 0.717) is 17.2 Å². The standard InChI is InChI=1S/C8H13N3O3S/c1-3-14-7(13)5(2)11-6(4-12)9-10-8(11)15/h5,12H,3-4H2,1-2H3,(H,10,15). The minimum absolute atomic E-state index is 0.281. The van der Waals surface area contributed by atoms with Gasteiger partial charge in [-0.1, -0.05) is 0 Å². The molecule has 15 heavy (non-hydrogen) atoms. The van der Waals surface area contributed by atoms with E-state index in [0.717, 1.165) is 0 Å². The average Bonchev–Trinajstić information content (AvgIpc) is 2.58. The van der Waals surface area contributed by atoms with Crippen LogP contribution in [0.25, 0.3) is 0 Å². The van der Waals surface area contributed by atoms with Crippen LogP contribution in [0.3, 0.4) is 0 Å². The zero-order valence-corrected chi connectivity index (χ0v) is 9.37. The largest absolute Gasteiger partial charge is 0.464 e. The molecule has 0 aromatic carbocycles. The molecule has 84 valence electrons. The van der Waals surface area contributed by atoms with Crippen molar-refractivity contribution in [1.29, 1.82) is 0 Å². The van der Waals surface area contributed by atoms with E-state index in [9.17, 15) is 4.79 Å². The zero-order chi connectivity index (χ0) is 11.4. The molecule has 0 saturated carbocycles. The van der Waals surface area contributed by atoms with Gasteiger partial charge in [-0.15, -0.1) is 0 Å². The van der Waals surface area contributed by atoms with Crippen LogP contribution in [-0.4, -0.2) is 32.4 Å². The van der Waals surface area contributed by atoms with Crippen molar-refractivity contribution in [1.82, 2.24) is 14.8 Å². The Morgan fingerprint density at radius 2 is 2.47 bits per heavy atom. The summed E-state index contributed by atoms with van der Waals surface area (Å²) in [5.41, 5.74) is 0. The number of nitrogens with zero attached hydrogens (tertiary/aromatic N) is 2. The van der Waals surface area contributed by atoms with Gasteiger partial charge < -0.3 is 9.84 Å². The van der Waals surface area contributed by atoms with E-state index < -0.39 is 12.0 Å². The Morgan fingerprint density at radius 3 is 3.00 bits per heavy atom.